The van der Waals surface area contributed by atoms with Gasteiger partial charge in [0.15, 0.2) is 22.1 Å². The summed E-state index contributed by atoms with van der Waals surface area (Å²) in [6, 6.07) is 5.64. The van der Waals surface area contributed by atoms with Gasteiger partial charge in [0.1, 0.15) is 17.1 Å². The molecule has 2 aromatic carbocycles. The molecule has 0 bridgehead atoms. The monoisotopic (exact) mass is 610 g/mol. The summed E-state index contributed by atoms with van der Waals surface area (Å²) in [6.07, 6.45) is 1.45. The Morgan fingerprint density at radius 3 is 2.64 bits per heavy atom. The summed E-state index contributed by atoms with van der Waals surface area (Å²) < 4.78 is 16.9. The number of esters is 1. The van der Waals surface area contributed by atoms with E-state index in [-0.39, 0.29) is 44.9 Å². The van der Waals surface area contributed by atoms with Crippen molar-refractivity contribution in [1.82, 2.24) is 4.98 Å². The van der Waals surface area contributed by atoms with Crippen molar-refractivity contribution in [2.24, 2.45) is 0 Å². The van der Waals surface area contributed by atoms with Crippen LogP contribution in [0.25, 0.3) is 11.0 Å². The molecule has 0 saturated heterocycles. The molecule has 1 unspecified atom stereocenters. The number of hydrogen-bond acceptors (Lipinski definition) is 9. The number of methoxy groups -OCH3 is 1. The van der Waals surface area contributed by atoms with Crippen molar-refractivity contribution < 1.29 is 28.6 Å². The zero-order valence-electron chi connectivity index (χ0n) is 21.5. The molecule has 1 N–H and O–H groups in total. The number of carbonyl (C=O) groups excluding carboxylic acids is 2. The molecule has 200 valence electrons. The van der Waals surface area contributed by atoms with Crippen molar-refractivity contribution in [3.8, 4) is 11.5 Å². The number of phenolic OH excluding ortho intramolecular Hbond substituents is 1. The average Bonchev–Trinajstić information content (AvgIpc) is 3.42. The van der Waals surface area contributed by atoms with Crippen LogP contribution in [0.3, 0.4) is 0 Å². The molecular formula is C28H23BrN2O7S. The van der Waals surface area contributed by atoms with Crippen LogP contribution in [0.1, 0.15) is 54.2 Å². The number of aromatic nitrogens is 1. The largest absolute Gasteiger partial charge is 0.503 e. The molecule has 39 heavy (non-hydrogen) atoms. The number of carbonyl (C=O) groups is 2. The lowest BCUT2D eigenvalue weighted by Gasteiger charge is -2.23. The molecule has 9 nitrogen and oxygen atoms in total. The van der Waals surface area contributed by atoms with Gasteiger partial charge in [0, 0.05) is 0 Å². The highest BCUT2D eigenvalue weighted by Crippen LogP contribution is 2.46. The molecule has 0 aliphatic carbocycles. The predicted octanol–water partition coefficient (Wildman–Crippen LogP) is 5.74. The number of aromatic hydroxyl groups is 1. The second-order valence-corrected chi connectivity index (χ2v) is 10.9. The van der Waals surface area contributed by atoms with Crippen LogP contribution in [-0.4, -0.2) is 35.7 Å². The number of benzene rings is 2. The number of fused-ring (bicyclic) bond motifs is 2. The Balaban J connectivity index is 1.78. The van der Waals surface area contributed by atoms with E-state index in [4.69, 9.17) is 13.9 Å². The van der Waals surface area contributed by atoms with Crippen molar-refractivity contribution in [3.05, 3.63) is 90.2 Å². The molecule has 4 aromatic rings. The average molecular weight is 611 g/mol. The molecule has 1 amide bonds. The van der Waals surface area contributed by atoms with E-state index in [9.17, 15) is 19.5 Å². The van der Waals surface area contributed by atoms with E-state index in [0.717, 1.165) is 22.5 Å². The Hall–Kier alpha value is -3.96. The molecule has 1 atom stereocenters. The first-order valence-corrected chi connectivity index (χ1v) is 13.4. The molecule has 0 spiro atoms. The van der Waals surface area contributed by atoms with Gasteiger partial charge in [0.25, 0.3) is 5.91 Å². The first-order valence-electron chi connectivity index (χ1n) is 11.8. The highest BCUT2D eigenvalue weighted by atomic mass is 79.9. The fourth-order valence-electron chi connectivity index (χ4n) is 4.52. The van der Waals surface area contributed by atoms with E-state index in [0.29, 0.717) is 26.7 Å². The Labute approximate surface area is 235 Å². The van der Waals surface area contributed by atoms with Gasteiger partial charge in [-0.1, -0.05) is 24.0 Å². The third-order valence-electron chi connectivity index (χ3n) is 6.58. The smallest absolute Gasteiger partial charge is 0.350 e. The topological polar surface area (TPSA) is 119 Å². The van der Waals surface area contributed by atoms with E-state index in [1.807, 2.05) is 13.8 Å². The zero-order chi connectivity index (χ0) is 28.2. The third kappa shape index (κ3) is 4.31. The maximum absolute atomic E-state index is 14.0. The lowest BCUT2D eigenvalue weighted by Crippen LogP contribution is -2.29. The van der Waals surface area contributed by atoms with E-state index in [2.05, 4.69) is 27.5 Å². The van der Waals surface area contributed by atoms with Crippen molar-refractivity contribution in [3.63, 3.8) is 0 Å². The van der Waals surface area contributed by atoms with Crippen LogP contribution in [0.15, 0.2) is 50.6 Å². The van der Waals surface area contributed by atoms with Gasteiger partial charge in [0.05, 0.1) is 34.3 Å². The summed E-state index contributed by atoms with van der Waals surface area (Å²) in [6.45, 7) is 8.99. The molecule has 5 rings (SSSR count). The van der Waals surface area contributed by atoms with Crippen LogP contribution >= 0.6 is 27.3 Å². The van der Waals surface area contributed by atoms with Gasteiger partial charge in [-0.2, -0.15) is 0 Å². The SMILES string of the molecule is C=CCOC(=O)c1sc(N2C(=O)c3oc4cc(C)c(C)cc4c(=O)c3C2c2cc(Br)c(O)c(OC)c2)nc1C. The van der Waals surface area contributed by atoms with Gasteiger partial charge in [-0.05, 0) is 77.7 Å². The van der Waals surface area contributed by atoms with Crippen LogP contribution in [0, 0.1) is 20.8 Å². The molecule has 3 heterocycles. The number of rotatable bonds is 6. The van der Waals surface area contributed by atoms with Crippen LogP contribution in [0.5, 0.6) is 11.5 Å². The number of phenols is 1. The maximum Gasteiger partial charge on any atom is 0.350 e. The van der Waals surface area contributed by atoms with Crippen molar-refractivity contribution in [1.29, 1.82) is 0 Å². The van der Waals surface area contributed by atoms with Gasteiger partial charge >= 0.3 is 5.97 Å². The van der Waals surface area contributed by atoms with Crippen molar-refractivity contribution >= 4 is 55.2 Å². The fraction of sp³-hybridized carbons (Fsp3) is 0.214. The fourth-order valence-corrected chi connectivity index (χ4v) is 5.97. The lowest BCUT2D eigenvalue weighted by atomic mass is 9.97. The molecular weight excluding hydrogens is 588 g/mol. The summed E-state index contributed by atoms with van der Waals surface area (Å²) in [5.74, 6) is -1.30. The van der Waals surface area contributed by atoms with Gasteiger partial charge in [-0.3, -0.25) is 14.5 Å². The Kier molecular flexibility index (Phi) is 6.81. The van der Waals surface area contributed by atoms with Crippen molar-refractivity contribution in [2.75, 3.05) is 18.6 Å². The first kappa shape index (κ1) is 26.6. The third-order valence-corrected chi connectivity index (χ3v) is 8.32. The van der Waals surface area contributed by atoms with Gasteiger partial charge in [0.2, 0.25) is 5.76 Å². The standard InChI is InChI=1S/C28H23BrN2O7S/c1-6-7-37-27(35)25-14(4)30-28(39-25)31-21(15-10-17(29)23(33)19(11-15)36-5)20-22(32)16-8-12(2)13(3)9-18(16)38-24(20)26(31)34/h6,8-11,21,33H,1,7H2,2-5H3. The maximum atomic E-state index is 14.0. The Morgan fingerprint density at radius 1 is 1.23 bits per heavy atom. The van der Waals surface area contributed by atoms with Crippen LogP contribution in [0.2, 0.25) is 0 Å². The number of hydrogen-bond donors (Lipinski definition) is 1. The number of ether oxygens (including phenoxy) is 2. The first-order chi connectivity index (χ1) is 18.6. The minimum Gasteiger partial charge on any atom is -0.503 e. The highest BCUT2D eigenvalue weighted by molar-refractivity contribution is 9.10. The highest BCUT2D eigenvalue weighted by Gasteiger charge is 2.46. The lowest BCUT2D eigenvalue weighted by molar-refractivity contribution is 0.0554. The van der Waals surface area contributed by atoms with Crippen LogP contribution < -0.4 is 15.1 Å². The summed E-state index contributed by atoms with van der Waals surface area (Å²) in [5, 5.41) is 10.9. The minimum absolute atomic E-state index is 0.0212. The van der Waals surface area contributed by atoms with E-state index in [1.165, 1.54) is 18.1 Å². The number of amides is 1. The predicted molar refractivity (Wildman–Crippen MR) is 150 cm³/mol. The molecule has 11 heteroatoms. The van der Waals surface area contributed by atoms with Crippen LogP contribution in [0.4, 0.5) is 5.13 Å². The van der Waals surface area contributed by atoms with E-state index in [1.54, 1.807) is 31.2 Å². The molecule has 0 radical (unpaired) electrons. The molecule has 1 aliphatic heterocycles. The van der Waals surface area contributed by atoms with Crippen molar-refractivity contribution in [2.45, 2.75) is 26.8 Å². The minimum atomic E-state index is -0.983. The molecule has 2 aromatic heterocycles. The summed E-state index contributed by atoms with van der Waals surface area (Å²) >= 11 is 4.30. The Bertz CT molecular complexity index is 1760. The second kappa shape index (κ2) is 9.97. The number of thiazole rings is 1. The number of aryl methyl sites for hydroxylation is 3. The summed E-state index contributed by atoms with van der Waals surface area (Å²) in [4.78, 5) is 46.6. The molecule has 1 aliphatic rings. The number of nitrogens with zero attached hydrogens (tertiary/aromatic N) is 2. The molecule has 0 fully saturated rings. The van der Waals surface area contributed by atoms with Gasteiger partial charge < -0.3 is 19.0 Å². The molecule has 0 saturated carbocycles. The second-order valence-electron chi connectivity index (χ2n) is 9.04. The number of halogens is 1. The Morgan fingerprint density at radius 2 is 1.95 bits per heavy atom. The van der Waals surface area contributed by atoms with Gasteiger partial charge in [-0.15, -0.1) is 0 Å². The van der Waals surface area contributed by atoms with E-state index < -0.39 is 17.9 Å². The summed E-state index contributed by atoms with van der Waals surface area (Å²) in [5.41, 5.74) is 2.70. The van der Waals surface area contributed by atoms with Crippen LogP contribution in [-0.2, 0) is 4.74 Å². The zero-order valence-corrected chi connectivity index (χ0v) is 23.9. The van der Waals surface area contributed by atoms with Gasteiger partial charge in [-0.25, -0.2) is 9.78 Å². The summed E-state index contributed by atoms with van der Waals surface area (Å²) in [7, 11) is 1.40. The quantitative estimate of drug-likeness (QED) is 0.217. The number of anilines is 1. The van der Waals surface area contributed by atoms with E-state index >= 15 is 0 Å². The normalized spacial score (nSPS) is 14.5.